The Morgan fingerprint density at radius 2 is 1.36 bits per heavy atom. The molecule has 0 saturated carbocycles. The highest BCUT2D eigenvalue weighted by molar-refractivity contribution is 6.00. The Morgan fingerprint density at radius 3 is 1.92 bits per heavy atom. The highest BCUT2D eigenvalue weighted by Crippen LogP contribution is 2.36. The summed E-state index contributed by atoms with van der Waals surface area (Å²) in [7, 11) is 3.46. The lowest BCUT2D eigenvalue weighted by Crippen LogP contribution is -2.34. The molecule has 0 bridgehead atoms. The number of fused-ring (bicyclic) bond motifs is 1. The summed E-state index contributed by atoms with van der Waals surface area (Å²) in [4.78, 5) is 0. The summed E-state index contributed by atoms with van der Waals surface area (Å²) in [6.45, 7) is 11.5. The van der Waals surface area contributed by atoms with E-state index in [1.165, 1.54) is 85.9 Å². The second kappa shape index (κ2) is 13.3. The molecule has 3 nitrogen and oxygen atoms in total. The normalized spacial score (nSPS) is 15.7. The van der Waals surface area contributed by atoms with Crippen molar-refractivity contribution >= 4 is 11.4 Å². The van der Waals surface area contributed by atoms with Crippen molar-refractivity contribution < 1.29 is 14.0 Å². The number of unbranched alkanes of at least 4 members (excludes halogenated alkanes) is 8. The van der Waals surface area contributed by atoms with Gasteiger partial charge in [0.05, 0.1) is 14.2 Å². The van der Waals surface area contributed by atoms with Gasteiger partial charge in [0.2, 0.25) is 5.69 Å². The maximum atomic E-state index is 5.71. The molecule has 0 radical (unpaired) electrons. The van der Waals surface area contributed by atoms with Gasteiger partial charge in [-0.3, -0.25) is 0 Å². The fourth-order valence-electron chi connectivity index (χ4n) is 5.55. The van der Waals surface area contributed by atoms with Crippen molar-refractivity contribution in [3.63, 3.8) is 0 Å². The molecule has 2 aromatic rings. The minimum absolute atomic E-state index is 0.158. The van der Waals surface area contributed by atoms with Crippen LogP contribution in [0.2, 0.25) is 0 Å². The van der Waals surface area contributed by atoms with Crippen molar-refractivity contribution in [3.05, 3.63) is 53.1 Å². The van der Waals surface area contributed by atoms with Crippen LogP contribution < -0.4 is 9.47 Å². The van der Waals surface area contributed by atoms with Gasteiger partial charge in [0.25, 0.3) is 0 Å². The maximum absolute atomic E-state index is 5.71. The quantitative estimate of drug-likeness (QED) is 0.205. The van der Waals surface area contributed by atoms with Crippen LogP contribution in [-0.2, 0) is 11.8 Å². The van der Waals surface area contributed by atoms with Gasteiger partial charge in [-0.1, -0.05) is 91.2 Å². The van der Waals surface area contributed by atoms with E-state index in [-0.39, 0.29) is 5.41 Å². The Hall–Kier alpha value is -2.29. The van der Waals surface area contributed by atoms with Gasteiger partial charge in [-0.05, 0) is 42.0 Å². The van der Waals surface area contributed by atoms with E-state index in [1.54, 1.807) is 14.2 Å². The van der Waals surface area contributed by atoms with Crippen LogP contribution in [0.5, 0.6) is 11.5 Å². The Bertz CT molecular complexity index is 998. The minimum Gasteiger partial charge on any atom is -0.493 e. The third-order valence-corrected chi connectivity index (χ3v) is 7.70. The lowest BCUT2D eigenvalue weighted by molar-refractivity contribution is -0.483. The van der Waals surface area contributed by atoms with E-state index in [0.29, 0.717) is 6.04 Å². The molecule has 36 heavy (non-hydrogen) atoms. The molecule has 0 spiro atoms. The standard InChI is InChI=1S/C33H50NO2/c1-8-9-10-11-12-13-14-15-16-17-30-29-24-32(36-7)31(35-6)23-26(29)22-25(2)34(30)28-20-18-27(19-21-28)33(3,4)5/h18-21,23-25H,8-17,22H2,1-7H3/q+1. The molecule has 1 atom stereocenters. The topological polar surface area (TPSA) is 21.5 Å². The number of benzene rings is 2. The Balaban J connectivity index is 1.87. The van der Waals surface area contributed by atoms with Gasteiger partial charge in [0.15, 0.2) is 23.3 Å². The second-order valence-electron chi connectivity index (χ2n) is 11.6. The van der Waals surface area contributed by atoms with Crippen LogP contribution in [0.15, 0.2) is 36.4 Å². The van der Waals surface area contributed by atoms with Crippen LogP contribution in [0.1, 0.15) is 116 Å². The molecule has 1 aliphatic heterocycles. The highest BCUT2D eigenvalue weighted by atomic mass is 16.5. The summed E-state index contributed by atoms with van der Waals surface area (Å²) in [6.07, 6.45) is 14.2. The van der Waals surface area contributed by atoms with Crippen molar-refractivity contribution in [2.24, 2.45) is 0 Å². The largest absolute Gasteiger partial charge is 0.493 e. The Kier molecular flexibility index (Phi) is 10.5. The maximum Gasteiger partial charge on any atom is 0.205 e. The zero-order valence-corrected chi connectivity index (χ0v) is 24.1. The summed E-state index contributed by atoms with van der Waals surface area (Å²) < 4.78 is 13.9. The first-order valence-corrected chi connectivity index (χ1v) is 14.3. The third-order valence-electron chi connectivity index (χ3n) is 7.70. The molecule has 1 heterocycles. The van der Waals surface area contributed by atoms with E-state index in [0.717, 1.165) is 24.3 Å². The molecule has 0 fully saturated rings. The predicted octanol–water partition coefficient (Wildman–Crippen LogP) is 9.00. The van der Waals surface area contributed by atoms with E-state index in [1.807, 2.05) is 0 Å². The first-order chi connectivity index (χ1) is 17.3. The third kappa shape index (κ3) is 7.14. The Morgan fingerprint density at radius 1 is 0.806 bits per heavy atom. The molecule has 0 N–H and O–H groups in total. The van der Waals surface area contributed by atoms with Gasteiger partial charge >= 0.3 is 0 Å². The molecule has 0 amide bonds. The molecular weight excluding hydrogens is 442 g/mol. The fourth-order valence-corrected chi connectivity index (χ4v) is 5.55. The molecule has 0 saturated heterocycles. The van der Waals surface area contributed by atoms with Crippen molar-refractivity contribution in [2.45, 2.75) is 117 Å². The number of ether oxygens (including phenoxy) is 2. The molecule has 2 aromatic carbocycles. The van der Waals surface area contributed by atoms with Gasteiger partial charge in [-0.25, -0.2) is 0 Å². The van der Waals surface area contributed by atoms with Crippen LogP contribution in [0, 0.1) is 0 Å². The summed E-state index contributed by atoms with van der Waals surface area (Å²) >= 11 is 0. The van der Waals surface area contributed by atoms with Crippen LogP contribution in [-0.4, -0.2) is 30.5 Å². The molecule has 0 aromatic heterocycles. The lowest BCUT2D eigenvalue weighted by Gasteiger charge is -2.25. The number of methoxy groups -OCH3 is 2. The summed E-state index contributed by atoms with van der Waals surface area (Å²) in [5, 5.41) is 0. The average molecular weight is 493 g/mol. The molecule has 0 aliphatic carbocycles. The summed E-state index contributed by atoms with van der Waals surface area (Å²) in [6, 6.07) is 14.0. The van der Waals surface area contributed by atoms with Crippen molar-refractivity contribution in [1.82, 2.24) is 0 Å². The molecule has 3 heteroatoms. The first kappa shape index (κ1) is 28.3. The zero-order chi connectivity index (χ0) is 26.1. The second-order valence-corrected chi connectivity index (χ2v) is 11.6. The lowest BCUT2D eigenvalue weighted by atomic mass is 9.86. The van der Waals surface area contributed by atoms with Gasteiger partial charge in [-0.2, -0.15) is 4.58 Å². The fraction of sp³-hybridized carbons (Fsp3) is 0.606. The van der Waals surface area contributed by atoms with Crippen LogP contribution in [0.4, 0.5) is 5.69 Å². The summed E-state index contributed by atoms with van der Waals surface area (Å²) in [5.74, 6) is 1.65. The SMILES string of the molecule is CCCCCCCCCCCC1=[N+](c2ccc(C(C)(C)C)cc2)C(C)Cc2cc(OC)c(OC)cc21. The number of hydrogen-bond donors (Lipinski definition) is 0. The van der Waals surface area contributed by atoms with Crippen LogP contribution in [0.25, 0.3) is 0 Å². The minimum atomic E-state index is 0.158. The summed E-state index contributed by atoms with van der Waals surface area (Å²) in [5.41, 5.74) is 6.95. The predicted molar refractivity (Wildman–Crippen MR) is 154 cm³/mol. The number of hydrogen-bond acceptors (Lipinski definition) is 2. The smallest absolute Gasteiger partial charge is 0.205 e. The van der Waals surface area contributed by atoms with Gasteiger partial charge < -0.3 is 9.47 Å². The molecule has 1 unspecified atom stereocenters. The zero-order valence-electron chi connectivity index (χ0n) is 24.1. The van der Waals surface area contributed by atoms with E-state index in [9.17, 15) is 0 Å². The van der Waals surface area contributed by atoms with Crippen LogP contribution >= 0.6 is 0 Å². The van der Waals surface area contributed by atoms with Crippen molar-refractivity contribution in [2.75, 3.05) is 14.2 Å². The Labute approximate surface area is 220 Å². The molecule has 198 valence electrons. The monoisotopic (exact) mass is 492 g/mol. The average Bonchev–Trinajstić information content (AvgIpc) is 2.86. The van der Waals surface area contributed by atoms with Crippen molar-refractivity contribution in [1.29, 1.82) is 0 Å². The van der Waals surface area contributed by atoms with Gasteiger partial charge in [0, 0.05) is 30.5 Å². The van der Waals surface area contributed by atoms with Crippen molar-refractivity contribution in [3.8, 4) is 11.5 Å². The van der Waals surface area contributed by atoms with E-state index >= 15 is 0 Å². The first-order valence-electron chi connectivity index (χ1n) is 14.3. The highest BCUT2D eigenvalue weighted by Gasteiger charge is 2.34. The van der Waals surface area contributed by atoms with E-state index in [4.69, 9.17) is 9.47 Å². The number of nitrogens with zero attached hydrogens (tertiary/aromatic N) is 1. The molecular formula is C33H50NO2+. The van der Waals surface area contributed by atoms with E-state index in [2.05, 4.69) is 75.6 Å². The van der Waals surface area contributed by atoms with Gasteiger partial charge in [0.1, 0.15) is 0 Å². The van der Waals surface area contributed by atoms with Crippen LogP contribution in [0.3, 0.4) is 0 Å². The molecule has 1 aliphatic rings. The van der Waals surface area contributed by atoms with Gasteiger partial charge in [-0.15, -0.1) is 0 Å². The molecule has 3 rings (SSSR count). The van der Waals surface area contributed by atoms with E-state index < -0.39 is 0 Å². The number of rotatable bonds is 13.